The summed E-state index contributed by atoms with van der Waals surface area (Å²) in [6, 6.07) is 3.50. The lowest BCUT2D eigenvalue weighted by molar-refractivity contribution is -0.144. The molecule has 2 aliphatic rings. The van der Waals surface area contributed by atoms with Crippen molar-refractivity contribution in [2.75, 3.05) is 6.54 Å². The van der Waals surface area contributed by atoms with Gasteiger partial charge in [-0.1, -0.05) is 6.42 Å². The molecule has 4 heteroatoms. The summed E-state index contributed by atoms with van der Waals surface area (Å²) >= 11 is 0. The second-order valence-electron chi connectivity index (χ2n) is 5.53. The third-order valence-electron chi connectivity index (χ3n) is 4.63. The van der Waals surface area contributed by atoms with Crippen molar-refractivity contribution >= 4 is 5.97 Å². The molecule has 2 heterocycles. The molecule has 4 atom stereocenters. The molecule has 4 nitrogen and oxygen atoms in total. The Morgan fingerprint density at radius 3 is 3.06 bits per heavy atom. The van der Waals surface area contributed by atoms with E-state index in [0.717, 1.165) is 18.7 Å². The summed E-state index contributed by atoms with van der Waals surface area (Å²) in [7, 11) is 0. The lowest BCUT2D eigenvalue weighted by Crippen LogP contribution is -2.40. The number of carboxylic acids is 1. The van der Waals surface area contributed by atoms with Crippen LogP contribution in [0.25, 0.3) is 0 Å². The maximum absolute atomic E-state index is 11.6. The minimum atomic E-state index is -0.678. The molecular formula is C14H19NO3. The van der Waals surface area contributed by atoms with Crippen molar-refractivity contribution in [1.29, 1.82) is 0 Å². The van der Waals surface area contributed by atoms with Crippen molar-refractivity contribution in [3.05, 3.63) is 24.2 Å². The Balaban J connectivity index is 1.85. The molecule has 4 unspecified atom stereocenters. The Morgan fingerprint density at radius 2 is 2.39 bits per heavy atom. The molecule has 18 heavy (non-hydrogen) atoms. The first-order valence-corrected chi connectivity index (χ1v) is 6.70. The van der Waals surface area contributed by atoms with Gasteiger partial charge in [-0.2, -0.15) is 0 Å². The molecule has 1 aromatic rings. The summed E-state index contributed by atoms with van der Waals surface area (Å²) in [6.45, 7) is 2.93. The highest BCUT2D eigenvalue weighted by Crippen LogP contribution is 2.45. The fraction of sp³-hybridized carbons (Fsp3) is 0.643. The van der Waals surface area contributed by atoms with Gasteiger partial charge in [0.05, 0.1) is 12.3 Å². The van der Waals surface area contributed by atoms with Gasteiger partial charge in [0.2, 0.25) is 0 Å². The van der Waals surface area contributed by atoms with Crippen molar-refractivity contribution in [2.24, 2.45) is 11.8 Å². The van der Waals surface area contributed by atoms with Gasteiger partial charge in [-0.15, -0.1) is 0 Å². The van der Waals surface area contributed by atoms with Crippen LogP contribution in [0.5, 0.6) is 0 Å². The van der Waals surface area contributed by atoms with E-state index in [1.807, 2.05) is 19.1 Å². The smallest absolute Gasteiger partial charge is 0.321 e. The number of likely N-dealkylation sites (tertiary alicyclic amines) is 1. The van der Waals surface area contributed by atoms with E-state index in [2.05, 4.69) is 4.90 Å². The van der Waals surface area contributed by atoms with Crippen molar-refractivity contribution in [1.82, 2.24) is 4.90 Å². The number of hydrogen-bond donors (Lipinski definition) is 1. The molecule has 0 radical (unpaired) electrons. The van der Waals surface area contributed by atoms with Gasteiger partial charge in [0.15, 0.2) is 0 Å². The Labute approximate surface area is 107 Å². The molecule has 0 spiro atoms. The summed E-state index contributed by atoms with van der Waals surface area (Å²) < 4.78 is 5.42. The van der Waals surface area contributed by atoms with Crippen molar-refractivity contribution in [3.8, 4) is 0 Å². The number of aliphatic carboxylic acids is 1. The molecule has 1 N–H and O–H groups in total. The first kappa shape index (κ1) is 11.8. The van der Waals surface area contributed by atoms with Crippen LogP contribution >= 0.6 is 0 Å². The lowest BCUT2D eigenvalue weighted by atomic mass is 9.94. The average molecular weight is 249 g/mol. The summed E-state index contributed by atoms with van der Waals surface area (Å²) in [5, 5.41) is 9.50. The molecule has 1 saturated heterocycles. The Morgan fingerprint density at radius 1 is 1.56 bits per heavy atom. The number of carboxylic acid groups (broad SMARTS) is 1. The molecule has 0 aromatic carbocycles. The zero-order chi connectivity index (χ0) is 12.7. The Hall–Kier alpha value is -1.29. The first-order chi connectivity index (χ1) is 8.68. The quantitative estimate of drug-likeness (QED) is 0.894. The van der Waals surface area contributed by atoms with Crippen LogP contribution in [0, 0.1) is 11.8 Å². The van der Waals surface area contributed by atoms with E-state index in [4.69, 9.17) is 4.42 Å². The number of nitrogens with zero attached hydrogens (tertiary/aromatic N) is 1. The maximum Gasteiger partial charge on any atom is 0.321 e. The van der Waals surface area contributed by atoms with Gasteiger partial charge in [-0.05, 0) is 43.7 Å². The lowest BCUT2D eigenvalue weighted by Gasteiger charge is -2.28. The summed E-state index contributed by atoms with van der Waals surface area (Å²) in [5.74, 6) is 1.08. The Bertz CT molecular complexity index is 428. The second kappa shape index (κ2) is 4.43. The van der Waals surface area contributed by atoms with Gasteiger partial charge in [0.25, 0.3) is 0 Å². The normalized spacial score (nSPS) is 33.5. The highest BCUT2D eigenvalue weighted by atomic mass is 16.4. The third kappa shape index (κ3) is 1.75. The summed E-state index contributed by atoms with van der Waals surface area (Å²) in [6.07, 6.45) is 5.07. The first-order valence-electron chi connectivity index (χ1n) is 6.70. The van der Waals surface area contributed by atoms with Gasteiger partial charge in [-0.3, -0.25) is 9.69 Å². The topological polar surface area (TPSA) is 53.7 Å². The van der Waals surface area contributed by atoms with Crippen LogP contribution in [0.15, 0.2) is 22.8 Å². The van der Waals surface area contributed by atoms with E-state index in [9.17, 15) is 9.90 Å². The molecular weight excluding hydrogens is 230 g/mol. The second-order valence-corrected chi connectivity index (χ2v) is 5.53. The minimum Gasteiger partial charge on any atom is -0.480 e. The summed E-state index contributed by atoms with van der Waals surface area (Å²) in [4.78, 5) is 13.7. The molecule has 1 aliphatic carbocycles. The zero-order valence-corrected chi connectivity index (χ0v) is 10.6. The number of rotatable bonds is 3. The SMILES string of the molecule is CC(c1ccco1)N1CC2CCCC2C1C(=O)O. The van der Waals surface area contributed by atoms with Crippen LogP contribution in [0.1, 0.15) is 38.0 Å². The van der Waals surface area contributed by atoms with E-state index >= 15 is 0 Å². The standard InChI is InChI=1S/C14H19NO3/c1-9(12-6-3-7-18-12)15-8-10-4-2-5-11(10)13(15)14(16)17/h3,6-7,9-11,13H,2,4-5,8H2,1H3,(H,16,17). The predicted octanol–water partition coefficient (Wildman–Crippen LogP) is 2.53. The fourth-order valence-corrected chi connectivity index (χ4v) is 3.75. The van der Waals surface area contributed by atoms with Gasteiger partial charge < -0.3 is 9.52 Å². The van der Waals surface area contributed by atoms with Gasteiger partial charge in [0, 0.05) is 6.54 Å². The molecule has 1 saturated carbocycles. The van der Waals surface area contributed by atoms with E-state index in [0.29, 0.717) is 11.8 Å². The van der Waals surface area contributed by atoms with Crippen LogP contribution < -0.4 is 0 Å². The number of fused-ring (bicyclic) bond motifs is 1. The van der Waals surface area contributed by atoms with E-state index in [1.165, 1.54) is 12.8 Å². The van der Waals surface area contributed by atoms with E-state index in [1.54, 1.807) is 6.26 Å². The van der Waals surface area contributed by atoms with Crippen molar-refractivity contribution in [2.45, 2.75) is 38.3 Å². The zero-order valence-electron chi connectivity index (χ0n) is 10.6. The van der Waals surface area contributed by atoms with Gasteiger partial charge in [-0.25, -0.2) is 0 Å². The average Bonchev–Trinajstić information content (AvgIpc) is 3.03. The van der Waals surface area contributed by atoms with Gasteiger partial charge >= 0.3 is 5.97 Å². The molecule has 3 rings (SSSR count). The fourth-order valence-electron chi connectivity index (χ4n) is 3.75. The minimum absolute atomic E-state index is 0.0479. The largest absolute Gasteiger partial charge is 0.480 e. The van der Waals surface area contributed by atoms with Crippen molar-refractivity contribution < 1.29 is 14.3 Å². The predicted molar refractivity (Wildman–Crippen MR) is 66.1 cm³/mol. The molecule has 1 aromatic heterocycles. The summed E-state index contributed by atoms with van der Waals surface area (Å²) in [5.41, 5.74) is 0. The number of furan rings is 1. The highest BCUT2D eigenvalue weighted by molar-refractivity contribution is 5.74. The van der Waals surface area contributed by atoms with Crippen LogP contribution in [0.2, 0.25) is 0 Å². The monoisotopic (exact) mass is 249 g/mol. The van der Waals surface area contributed by atoms with Gasteiger partial charge in [0.1, 0.15) is 11.8 Å². The van der Waals surface area contributed by atoms with E-state index < -0.39 is 5.97 Å². The van der Waals surface area contributed by atoms with Crippen LogP contribution in [-0.2, 0) is 4.79 Å². The number of hydrogen-bond acceptors (Lipinski definition) is 3. The number of carbonyl (C=O) groups is 1. The van der Waals surface area contributed by atoms with Crippen molar-refractivity contribution in [3.63, 3.8) is 0 Å². The van der Waals surface area contributed by atoms with E-state index in [-0.39, 0.29) is 12.1 Å². The molecule has 0 bridgehead atoms. The van der Waals surface area contributed by atoms with Crippen LogP contribution in [0.4, 0.5) is 0 Å². The maximum atomic E-state index is 11.6. The van der Waals surface area contributed by atoms with Crippen LogP contribution in [0.3, 0.4) is 0 Å². The molecule has 1 aliphatic heterocycles. The molecule has 0 amide bonds. The van der Waals surface area contributed by atoms with Crippen LogP contribution in [-0.4, -0.2) is 28.6 Å². The highest BCUT2D eigenvalue weighted by Gasteiger charge is 2.49. The Kier molecular flexibility index (Phi) is 2.90. The molecule has 98 valence electrons. The third-order valence-corrected chi connectivity index (χ3v) is 4.63. The molecule has 2 fully saturated rings.